The summed E-state index contributed by atoms with van der Waals surface area (Å²) in [7, 11) is -1.56. The molecule has 2 heterocycles. The molecular weight excluding hydrogens is 358 g/mol. The van der Waals surface area contributed by atoms with E-state index < -0.39 is 15.9 Å². The van der Waals surface area contributed by atoms with Crippen LogP contribution in [0.5, 0.6) is 5.75 Å². The molecule has 0 radical (unpaired) electrons. The number of carbonyl (C=O) groups is 2. The lowest BCUT2D eigenvalue weighted by Gasteiger charge is -2.27. The molecule has 2 aliphatic heterocycles. The molecule has 26 heavy (non-hydrogen) atoms. The molecule has 2 aliphatic rings. The second kappa shape index (κ2) is 7.45. The topological polar surface area (TPSA) is 105 Å². The molecule has 1 fully saturated rings. The van der Waals surface area contributed by atoms with Gasteiger partial charge in [-0.25, -0.2) is 13.4 Å². The Labute approximate surface area is 152 Å². The molecule has 3 rings (SSSR count). The predicted molar refractivity (Wildman–Crippen MR) is 95.4 cm³/mol. The van der Waals surface area contributed by atoms with Crippen LogP contribution in [0.2, 0.25) is 0 Å². The molecule has 0 spiro atoms. The van der Waals surface area contributed by atoms with Crippen molar-refractivity contribution in [1.29, 1.82) is 0 Å². The van der Waals surface area contributed by atoms with Crippen molar-refractivity contribution in [2.24, 2.45) is 5.10 Å². The molecule has 8 nitrogen and oxygen atoms in total. The van der Waals surface area contributed by atoms with E-state index in [1.807, 2.05) is 24.3 Å². The van der Waals surface area contributed by atoms with Gasteiger partial charge in [-0.2, -0.15) is 5.10 Å². The highest BCUT2D eigenvalue weighted by atomic mass is 32.2. The van der Waals surface area contributed by atoms with Crippen LogP contribution in [-0.2, 0) is 26.0 Å². The molecule has 0 aromatic heterocycles. The van der Waals surface area contributed by atoms with Crippen LogP contribution in [0.3, 0.4) is 0 Å². The third kappa shape index (κ3) is 4.21. The number of hydrogen-bond acceptors (Lipinski definition) is 6. The van der Waals surface area contributed by atoms with Crippen molar-refractivity contribution >= 4 is 27.4 Å². The van der Waals surface area contributed by atoms with E-state index in [2.05, 4.69) is 10.4 Å². The Balaban J connectivity index is 1.66. The summed E-state index contributed by atoms with van der Waals surface area (Å²) in [5.41, 5.74) is 1.13. The molecule has 140 valence electrons. The third-order valence-corrected chi connectivity index (χ3v) is 6.21. The van der Waals surface area contributed by atoms with Crippen LogP contribution in [0.25, 0.3) is 0 Å². The van der Waals surface area contributed by atoms with Crippen molar-refractivity contribution in [3.05, 3.63) is 29.8 Å². The summed E-state index contributed by atoms with van der Waals surface area (Å²) in [6, 6.07) is 6.86. The van der Waals surface area contributed by atoms with Crippen LogP contribution in [0, 0.1) is 0 Å². The summed E-state index contributed by atoms with van der Waals surface area (Å²) in [6.45, 7) is 0.306. The maximum absolute atomic E-state index is 12.4. The van der Waals surface area contributed by atoms with Gasteiger partial charge < -0.3 is 10.1 Å². The molecule has 1 aromatic rings. The molecule has 0 saturated carbocycles. The molecule has 0 bridgehead atoms. The van der Waals surface area contributed by atoms with Crippen LogP contribution in [0.4, 0.5) is 0 Å². The van der Waals surface area contributed by atoms with Gasteiger partial charge in [0.05, 0.1) is 24.7 Å². The van der Waals surface area contributed by atoms with E-state index >= 15 is 0 Å². The number of sulfone groups is 1. The summed E-state index contributed by atoms with van der Waals surface area (Å²) >= 11 is 0. The Hall–Kier alpha value is -2.42. The van der Waals surface area contributed by atoms with Crippen molar-refractivity contribution in [3.63, 3.8) is 0 Å². The summed E-state index contributed by atoms with van der Waals surface area (Å²) < 4.78 is 28.4. The second-order valence-electron chi connectivity index (χ2n) is 6.38. The highest BCUT2D eigenvalue weighted by Gasteiger charge is 2.37. The molecule has 1 saturated heterocycles. The SMILES string of the molecule is COc1cccc(CNC(=O)C2=NN([C@H]3CCS(=O)(=O)C3)C(=O)CC2)c1. The number of hydrazone groups is 1. The maximum atomic E-state index is 12.4. The van der Waals surface area contributed by atoms with Crippen LogP contribution in [-0.4, -0.2) is 55.6 Å². The normalized spacial score (nSPS) is 22.0. The first-order valence-electron chi connectivity index (χ1n) is 8.39. The van der Waals surface area contributed by atoms with Gasteiger partial charge in [0.25, 0.3) is 5.91 Å². The van der Waals surface area contributed by atoms with Crippen LogP contribution < -0.4 is 10.1 Å². The molecule has 1 N–H and O–H groups in total. The van der Waals surface area contributed by atoms with E-state index in [1.165, 1.54) is 5.01 Å². The fourth-order valence-corrected chi connectivity index (χ4v) is 4.75. The quantitative estimate of drug-likeness (QED) is 0.801. The van der Waals surface area contributed by atoms with Gasteiger partial charge in [0.2, 0.25) is 5.91 Å². The van der Waals surface area contributed by atoms with Gasteiger partial charge in [-0.3, -0.25) is 9.59 Å². The van der Waals surface area contributed by atoms with E-state index in [0.717, 1.165) is 5.56 Å². The number of rotatable bonds is 5. The Morgan fingerprint density at radius 2 is 2.19 bits per heavy atom. The lowest BCUT2D eigenvalue weighted by Crippen LogP contribution is -2.43. The standard InChI is InChI=1S/C17H21N3O5S/c1-25-14-4-2-3-12(9-14)10-18-17(22)15-5-6-16(21)20(19-15)13-7-8-26(23,24)11-13/h2-4,9,13H,5-8,10-11H2,1H3,(H,18,22)/t13-/m0/s1. The summed E-state index contributed by atoms with van der Waals surface area (Å²) in [6.07, 6.45) is 0.761. The molecule has 0 unspecified atom stereocenters. The Morgan fingerprint density at radius 3 is 2.88 bits per heavy atom. The first-order valence-corrected chi connectivity index (χ1v) is 10.2. The third-order valence-electron chi connectivity index (χ3n) is 4.46. The van der Waals surface area contributed by atoms with Crippen molar-refractivity contribution in [3.8, 4) is 5.75 Å². The average Bonchev–Trinajstić information content (AvgIpc) is 3.00. The molecule has 1 aromatic carbocycles. The largest absolute Gasteiger partial charge is 0.497 e. The number of benzene rings is 1. The van der Waals surface area contributed by atoms with Crippen molar-refractivity contribution in [2.45, 2.75) is 31.8 Å². The fraction of sp³-hybridized carbons (Fsp3) is 0.471. The Kier molecular flexibility index (Phi) is 5.26. The van der Waals surface area contributed by atoms with E-state index in [-0.39, 0.29) is 41.9 Å². The maximum Gasteiger partial charge on any atom is 0.267 e. The zero-order valence-corrected chi connectivity index (χ0v) is 15.3. The number of hydrogen-bond donors (Lipinski definition) is 1. The minimum absolute atomic E-state index is 0.0499. The van der Waals surface area contributed by atoms with Gasteiger partial charge >= 0.3 is 0 Å². The fourth-order valence-electron chi connectivity index (χ4n) is 3.05. The van der Waals surface area contributed by atoms with Gasteiger partial charge in [-0.1, -0.05) is 12.1 Å². The zero-order valence-electron chi connectivity index (χ0n) is 14.5. The molecule has 9 heteroatoms. The highest BCUT2D eigenvalue weighted by molar-refractivity contribution is 7.91. The van der Waals surface area contributed by atoms with Crippen LogP contribution in [0.15, 0.2) is 29.4 Å². The minimum atomic E-state index is -3.13. The van der Waals surface area contributed by atoms with Crippen molar-refractivity contribution < 1.29 is 22.7 Å². The number of methoxy groups -OCH3 is 1. The van der Waals surface area contributed by atoms with E-state index in [0.29, 0.717) is 18.7 Å². The van der Waals surface area contributed by atoms with Gasteiger partial charge in [-0.05, 0) is 24.1 Å². The van der Waals surface area contributed by atoms with Gasteiger partial charge in [-0.15, -0.1) is 0 Å². The number of carbonyl (C=O) groups excluding carboxylic acids is 2. The lowest BCUT2D eigenvalue weighted by atomic mass is 10.1. The molecule has 1 atom stereocenters. The van der Waals surface area contributed by atoms with E-state index in [1.54, 1.807) is 7.11 Å². The summed E-state index contributed by atoms with van der Waals surface area (Å²) in [5.74, 6) is 0.0588. The first kappa shape index (κ1) is 18.4. The first-order chi connectivity index (χ1) is 12.4. The number of nitrogens with zero attached hydrogens (tertiary/aromatic N) is 2. The van der Waals surface area contributed by atoms with E-state index in [4.69, 9.17) is 4.74 Å². The van der Waals surface area contributed by atoms with E-state index in [9.17, 15) is 18.0 Å². The Morgan fingerprint density at radius 1 is 1.38 bits per heavy atom. The second-order valence-corrected chi connectivity index (χ2v) is 8.60. The smallest absolute Gasteiger partial charge is 0.267 e. The number of ether oxygens (including phenoxy) is 1. The van der Waals surface area contributed by atoms with Gasteiger partial charge in [0, 0.05) is 19.4 Å². The predicted octanol–water partition coefficient (Wildman–Crippen LogP) is 0.477. The molecular formula is C17H21N3O5S. The van der Waals surface area contributed by atoms with Crippen molar-refractivity contribution in [1.82, 2.24) is 10.3 Å². The average molecular weight is 379 g/mol. The molecule has 2 amide bonds. The van der Waals surface area contributed by atoms with Gasteiger partial charge in [0.1, 0.15) is 11.5 Å². The monoisotopic (exact) mass is 379 g/mol. The van der Waals surface area contributed by atoms with Crippen LogP contribution in [0.1, 0.15) is 24.8 Å². The number of amides is 2. The Bertz CT molecular complexity index is 850. The summed E-state index contributed by atoms with van der Waals surface area (Å²) in [5, 5.41) is 8.13. The lowest BCUT2D eigenvalue weighted by molar-refractivity contribution is -0.133. The summed E-state index contributed by atoms with van der Waals surface area (Å²) in [4.78, 5) is 24.5. The zero-order chi connectivity index (χ0) is 18.7. The highest BCUT2D eigenvalue weighted by Crippen LogP contribution is 2.22. The number of nitrogens with one attached hydrogen (secondary N) is 1. The minimum Gasteiger partial charge on any atom is -0.497 e. The van der Waals surface area contributed by atoms with Gasteiger partial charge in [0.15, 0.2) is 9.84 Å². The van der Waals surface area contributed by atoms with Crippen LogP contribution >= 0.6 is 0 Å². The molecule has 0 aliphatic carbocycles. The van der Waals surface area contributed by atoms with Crippen molar-refractivity contribution in [2.75, 3.05) is 18.6 Å².